The fourth-order valence-corrected chi connectivity index (χ4v) is 3.67. The van der Waals surface area contributed by atoms with E-state index in [-0.39, 0.29) is 24.5 Å². The number of carbonyl (C=O) groups is 2. The summed E-state index contributed by atoms with van der Waals surface area (Å²) in [6.07, 6.45) is 1.25. The van der Waals surface area contributed by atoms with E-state index >= 15 is 0 Å². The van der Waals surface area contributed by atoms with E-state index in [1.165, 1.54) is 25.3 Å². The van der Waals surface area contributed by atoms with Gasteiger partial charge >= 0.3 is 11.9 Å². The van der Waals surface area contributed by atoms with Crippen LogP contribution in [0.3, 0.4) is 0 Å². The Morgan fingerprint density at radius 1 is 0.909 bits per heavy atom. The Morgan fingerprint density at radius 2 is 1.45 bits per heavy atom. The Bertz CT molecular complexity index is 1120. The zero-order chi connectivity index (χ0) is 24.8. The lowest BCUT2D eigenvalue weighted by Crippen LogP contribution is -2.27. The van der Waals surface area contributed by atoms with Gasteiger partial charge in [-0.3, -0.25) is 0 Å². The van der Waals surface area contributed by atoms with Gasteiger partial charge in [-0.15, -0.1) is 0 Å². The third kappa shape index (κ3) is 8.58. The second-order valence-corrected chi connectivity index (χ2v) is 10.7. The summed E-state index contributed by atoms with van der Waals surface area (Å²) < 4.78 is 45.2. The van der Waals surface area contributed by atoms with E-state index in [9.17, 15) is 18.0 Å². The maximum atomic E-state index is 12.1. The molecule has 0 radical (unpaired) electrons. The average molecular weight is 499 g/mol. The van der Waals surface area contributed by atoms with Gasteiger partial charge in [0.25, 0.3) is 0 Å². The summed E-state index contributed by atoms with van der Waals surface area (Å²) in [5.41, 5.74) is 0.390. The largest absolute Gasteiger partial charge is 0.482 e. The molecule has 0 N–H and O–H groups in total. The van der Waals surface area contributed by atoms with E-state index in [1.54, 1.807) is 39.0 Å². The molecule has 0 saturated heterocycles. The molecular weight excluding hydrogens is 472 g/mol. The van der Waals surface area contributed by atoms with Crippen LogP contribution in [0.5, 0.6) is 11.5 Å². The van der Waals surface area contributed by atoms with Crippen LogP contribution in [0.2, 0.25) is 5.02 Å². The SMILES string of the molecule is COC(=O)COc1ccc(Cl)cc1Cc1cc(S(C)(=O)=O)ccc1OCC(=O)OC(C)(C)C. The van der Waals surface area contributed by atoms with Crippen molar-refractivity contribution in [3.05, 3.63) is 52.5 Å². The molecule has 8 nitrogen and oxygen atoms in total. The molecule has 0 fully saturated rings. The molecule has 0 bridgehead atoms. The molecule has 0 aliphatic heterocycles. The molecule has 0 spiro atoms. The van der Waals surface area contributed by atoms with Crippen LogP contribution in [0.4, 0.5) is 0 Å². The predicted octanol–water partition coefficient (Wildman–Crippen LogP) is 3.61. The molecule has 10 heteroatoms. The van der Waals surface area contributed by atoms with Crippen LogP contribution in [0.1, 0.15) is 31.9 Å². The van der Waals surface area contributed by atoms with Crippen molar-refractivity contribution in [3.63, 3.8) is 0 Å². The lowest BCUT2D eigenvalue weighted by molar-refractivity contribution is -0.157. The number of hydrogen-bond donors (Lipinski definition) is 0. The van der Waals surface area contributed by atoms with Crippen molar-refractivity contribution >= 4 is 33.4 Å². The summed E-state index contributed by atoms with van der Waals surface area (Å²) in [7, 11) is -2.25. The minimum Gasteiger partial charge on any atom is -0.482 e. The number of carbonyl (C=O) groups excluding carboxylic acids is 2. The van der Waals surface area contributed by atoms with Crippen LogP contribution < -0.4 is 9.47 Å². The molecular formula is C23H27ClO8S. The van der Waals surface area contributed by atoms with Gasteiger partial charge in [-0.1, -0.05) is 11.6 Å². The normalized spacial score (nSPS) is 11.6. The Balaban J connectivity index is 2.38. The van der Waals surface area contributed by atoms with Gasteiger partial charge in [0.2, 0.25) is 0 Å². The van der Waals surface area contributed by atoms with Crippen molar-refractivity contribution in [3.8, 4) is 11.5 Å². The summed E-state index contributed by atoms with van der Waals surface area (Å²) >= 11 is 6.15. The number of rotatable bonds is 9. The van der Waals surface area contributed by atoms with E-state index in [4.69, 9.17) is 25.8 Å². The highest BCUT2D eigenvalue weighted by Gasteiger charge is 2.19. The quantitative estimate of drug-likeness (QED) is 0.483. The van der Waals surface area contributed by atoms with Gasteiger partial charge in [0.15, 0.2) is 23.1 Å². The highest BCUT2D eigenvalue weighted by molar-refractivity contribution is 7.90. The molecule has 0 heterocycles. The molecule has 0 aliphatic carbocycles. The molecule has 0 amide bonds. The summed E-state index contributed by atoms with van der Waals surface area (Å²) in [5, 5.41) is 0.422. The average Bonchev–Trinajstić information content (AvgIpc) is 2.70. The lowest BCUT2D eigenvalue weighted by Gasteiger charge is -2.20. The van der Waals surface area contributed by atoms with E-state index in [2.05, 4.69) is 4.74 Å². The van der Waals surface area contributed by atoms with E-state index < -0.39 is 27.4 Å². The molecule has 0 unspecified atom stereocenters. The summed E-state index contributed by atoms with van der Waals surface area (Å²) in [5.74, 6) is -0.457. The van der Waals surface area contributed by atoms with Gasteiger partial charge < -0.3 is 18.9 Å². The molecule has 0 aliphatic rings. The number of benzene rings is 2. The Labute approximate surface area is 198 Å². The first kappa shape index (κ1) is 26.5. The van der Waals surface area contributed by atoms with Gasteiger partial charge in [-0.25, -0.2) is 18.0 Å². The molecule has 0 aromatic heterocycles. The predicted molar refractivity (Wildman–Crippen MR) is 123 cm³/mol. The summed E-state index contributed by atoms with van der Waals surface area (Å²) in [6.45, 7) is 4.56. The standard InChI is InChI=1S/C23H27ClO8S/c1-23(2,3)32-22(26)14-31-20-9-7-18(33(5,27)28)12-16(20)10-15-11-17(24)6-8-19(15)30-13-21(25)29-4/h6-9,11-12H,10,13-14H2,1-5H3. The van der Waals surface area contributed by atoms with Crippen LogP contribution in [0.15, 0.2) is 41.3 Å². The zero-order valence-electron chi connectivity index (χ0n) is 19.1. The first-order chi connectivity index (χ1) is 15.3. The van der Waals surface area contributed by atoms with Crippen molar-refractivity contribution in [2.45, 2.75) is 37.7 Å². The number of hydrogen-bond acceptors (Lipinski definition) is 8. The molecule has 2 aromatic carbocycles. The third-order valence-electron chi connectivity index (χ3n) is 4.20. The molecule has 2 aromatic rings. The maximum Gasteiger partial charge on any atom is 0.344 e. The fraction of sp³-hybridized carbons (Fsp3) is 0.391. The van der Waals surface area contributed by atoms with Crippen LogP contribution >= 0.6 is 11.6 Å². The Morgan fingerprint density at radius 3 is 2.00 bits per heavy atom. The second kappa shape index (κ2) is 10.9. The lowest BCUT2D eigenvalue weighted by atomic mass is 10.0. The maximum absolute atomic E-state index is 12.1. The monoisotopic (exact) mass is 498 g/mol. The van der Waals surface area contributed by atoms with Gasteiger partial charge in [-0.2, -0.15) is 0 Å². The highest BCUT2D eigenvalue weighted by atomic mass is 35.5. The zero-order valence-corrected chi connectivity index (χ0v) is 20.7. The van der Waals surface area contributed by atoms with Crippen LogP contribution in [-0.2, 0) is 35.3 Å². The first-order valence-corrected chi connectivity index (χ1v) is 12.2. The van der Waals surface area contributed by atoms with Gasteiger partial charge in [0.1, 0.15) is 17.1 Å². The molecule has 180 valence electrons. The van der Waals surface area contributed by atoms with Crippen LogP contribution in [0, 0.1) is 0 Å². The topological polar surface area (TPSA) is 105 Å². The van der Waals surface area contributed by atoms with Gasteiger partial charge in [-0.05, 0) is 62.7 Å². The van der Waals surface area contributed by atoms with Crippen LogP contribution in [0.25, 0.3) is 0 Å². The second-order valence-electron chi connectivity index (χ2n) is 8.21. The number of ether oxygens (including phenoxy) is 4. The van der Waals surface area contributed by atoms with E-state index in [0.717, 1.165) is 6.26 Å². The third-order valence-corrected chi connectivity index (χ3v) is 5.55. The van der Waals surface area contributed by atoms with Crippen molar-refractivity contribution in [1.82, 2.24) is 0 Å². The van der Waals surface area contributed by atoms with Crippen LogP contribution in [-0.4, -0.2) is 52.5 Å². The number of esters is 2. The minimum atomic E-state index is -3.50. The fourth-order valence-electron chi connectivity index (χ4n) is 2.80. The number of halogens is 1. The highest BCUT2D eigenvalue weighted by Crippen LogP contribution is 2.31. The Hall–Kier alpha value is -2.78. The van der Waals surface area contributed by atoms with Crippen molar-refractivity contribution in [2.75, 3.05) is 26.6 Å². The first-order valence-electron chi connectivity index (χ1n) is 9.94. The van der Waals surface area contributed by atoms with Crippen molar-refractivity contribution in [2.24, 2.45) is 0 Å². The van der Waals surface area contributed by atoms with Gasteiger partial charge in [0, 0.05) is 23.3 Å². The van der Waals surface area contributed by atoms with Crippen molar-refractivity contribution < 1.29 is 37.0 Å². The molecule has 33 heavy (non-hydrogen) atoms. The minimum absolute atomic E-state index is 0.0844. The number of methoxy groups -OCH3 is 1. The van der Waals surface area contributed by atoms with Crippen molar-refractivity contribution in [1.29, 1.82) is 0 Å². The van der Waals surface area contributed by atoms with Gasteiger partial charge in [0.05, 0.1) is 12.0 Å². The molecule has 0 atom stereocenters. The molecule has 2 rings (SSSR count). The van der Waals surface area contributed by atoms with E-state index in [0.29, 0.717) is 27.6 Å². The Kier molecular flexibility index (Phi) is 8.74. The summed E-state index contributed by atoms with van der Waals surface area (Å²) in [6, 6.07) is 9.18. The number of sulfone groups is 1. The summed E-state index contributed by atoms with van der Waals surface area (Å²) in [4.78, 5) is 23.6. The van der Waals surface area contributed by atoms with E-state index in [1.807, 2.05) is 0 Å². The smallest absolute Gasteiger partial charge is 0.344 e. The molecule has 0 saturated carbocycles.